The molecule has 6 nitrogen and oxygen atoms in total. The van der Waals surface area contributed by atoms with Crippen molar-refractivity contribution in [3.63, 3.8) is 0 Å². The maximum Gasteiger partial charge on any atom is 0.147 e. The van der Waals surface area contributed by atoms with Gasteiger partial charge in [-0.3, -0.25) is 9.88 Å². The highest BCUT2D eigenvalue weighted by Gasteiger charge is 2.33. The average molecular weight is 448 g/mol. The molecule has 2 fully saturated rings. The van der Waals surface area contributed by atoms with Crippen LogP contribution in [0, 0.1) is 12.8 Å². The third kappa shape index (κ3) is 4.51. The zero-order valence-electron chi connectivity index (χ0n) is 20.0. The van der Waals surface area contributed by atoms with Gasteiger partial charge in [0.25, 0.3) is 0 Å². The molecule has 4 atom stereocenters. The lowest BCUT2D eigenvalue weighted by Crippen LogP contribution is -2.34. The third-order valence-electron chi connectivity index (χ3n) is 7.77. The summed E-state index contributed by atoms with van der Waals surface area (Å²) in [5.41, 5.74) is 10.3. The second-order valence-electron chi connectivity index (χ2n) is 9.89. The number of hydrogen-bond acceptors (Lipinski definition) is 5. The maximum atomic E-state index is 6.61. The van der Waals surface area contributed by atoms with Crippen LogP contribution in [0.5, 0.6) is 5.75 Å². The van der Waals surface area contributed by atoms with Crippen LogP contribution in [0.4, 0.5) is 0 Å². The Hall–Kier alpha value is -2.44. The van der Waals surface area contributed by atoms with Crippen LogP contribution in [-0.4, -0.2) is 39.5 Å². The first-order valence-corrected chi connectivity index (χ1v) is 12.6. The first-order valence-electron chi connectivity index (χ1n) is 12.6. The van der Waals surface area contributed by atoms with Gasteiger partial charge in [0, 0.05) is 6.20 Å². The van der Waals surface area contributed by atoms with Crippen molar-refractivity contribution in [3.05, 3.63) is 53.6 Å². The van der Waals surface area contributed by atoms with Gasteiger partial charge in [-0.15, -0.1) is 0 Å². The van der Waals surface area contributed by atoms with Crippen molar-refractivity contribution in [1.29, 1.82) is 0 Å². The minimum Gasteiger partial charge on any atom is -0.488 e. The van der Waals surface area contributed by atoms with E-state index in [1.165, 1.54) is 36.9 Å². The number of benzene rings is 1. The van der Waals surface area contributed by atoms with Crippen molar-refractivity contribution in [1.82, 2.24) is 19.9 Å². The van der Waals surface area contributed by atoms with E-state index in [2.05, 4.69) is 48.1 Å². The van der Waals surface area contributed by atoms with Gasteiger partial charge in [-0.2, -0.15) is 0 Å². The van der Waals surface area contributed by atoms with Gasteiger partial charge in [0.2, 0.25) is 0 Å². The van der Waals surface area contributed by atoms with E-state index in [1.54, 1.807) is 0 Å². The molecule has 5 rings (SSSR count). The van der Waals surface area contributed by atoms with Crippen LogP contribution < -0.4 is 10.5 Å². The molecule has 3 N–H and O–H groups in total. The fraction of sp³-hybridized carbons (Fsp3) is 0.556. The number of hydrogen-bond donors (Lipinski definition) is 2. The number of likely N-dealkylation sites (tertiary alicyclic amines) is 1. The first-order chi connectivity index (χ1) is 16.2. The van der Waals surface area contributed by atoms with Crippen LogP contribution in [0.1, 0.15) is 80.5 Å². The summed E-state index contributed by atoms with van der Waals surface area (Å²) in [6.07, 6.45) is 11.4. The molecular formula is C27H37N5O. The largest absolute Gasteiger partial charge is 0.488 e. The smallest absolute Gasteiger partial charge is 0.147 e. The van der Waals surface area contributed by atoms with Crippen molar-refractivity contribution >= 4 is 11.0 Å². The summed E-state index contributed by atoms with van der Waals surface area (Å²) in [4.78, 5) is 15.9. The molecule has 0 radical (unpaired) electrons. The number of ether oxygens (including phenoxy) is 1. The highest BCUT2D eigenvalue weighted by atomic mass is 16.5. The molecule has 2 unspecified atom stereocenters. The number of fused-ring (bicyclic) bond motifs is 1. The van der Waals surface area contributed by atoms with Crippen molar-refractivity contribution < 1.29 is 4.74 Å². The van der Waals surface area contributed by atoms with Gasteiger partial charge in [-0.1, -0.05) is 18.6 Å². The number of pyridine rings is 1. The van der Waals surface area contributed by atoms with Crippen molar-refractivity contribution in [2.24, 2.45) is 11.7 Å². The molecule has 6 heteroatoms. The summed E-state index contributed by atoms with van der Waals surface area (Å²) < 4.78 is 6.61. The van der Waals surface area contributed by atoms with Gasteiger partial charge in [0.1, 0.15) is 23.2 Å². The molecule has 0 amide bonds. The third-order valence-corrected chi connectivity index (χ3v) is 7.77. The Morgan fingerprint density at radius 2 is 1.91 bits per heavy atom. The molecule has 2 aromatic heterocycles. The van der Waals surface area contributed by atoms with E-state index in [4.69, 9.17) is 20.4 Å². The quantitative estimate of drug-likeness (QED) is 0.525. The first kappa shape index (κ1) is 22.4. The van der Waals surface area contributed by atoms with Gasteiger partial charge >= 0.3 is 0 Å². The Labute approximate surface area is 196 Å². The van der Waals surface area contributed by atoms with E-state index in [0.29, 0.717) is 12.0 Å². The van der Waals surface area contributed by atoms with Crippen molar-refractivity contribution in [3.8, 4) is 5.75 Å². The van der Waals surface area contributed by atoms with Crippen LogP contribution >= 0.6 is 0 Å². The minimum absolute atomic E-state index is 0.238. The number of aromatic amines is 1. The van der Waals surface area contributed by atoms with Crippen molar-refractivity contribution in [2.75, 3.05) is 13.6 Å². The molecule has 33 heavy (non-hydrogen) atoms. The lowest BCUT2D eigenvalue weighted by atomic mass is 9.84. The van der Waals surface area contributed by atoms with Gasteiger partial charge in [-0.05, 0) is 95.1 Å². The van der Waals surface area contributed by atoms with Crippen LogP contribution in [0.25, 0.3) is 11.0 Å². The predicted octanol–water partition coefficient (Wildman–Crippen LogP) is 5.45. The van der Waals surface area contributed by atoms with E-state index in [0.717, 1.165) is 54.8 Å². The van der Waals surface area contributed by atoms with E-state index in [-0.39, 0.29) is 12.1 Å². The van der Waals surface area contributed by atoms with Gasteiger partial charge in [0.15, 0.2) is 0 Å². The number of rotatable bonds is 6. The second kappa shape index (κ2) is 9.82. The number of aryl methyl sites for hydroxylation is 1. The highest BCUT2D eigenvalue weighted by molar-refractivity contribution is 5.81. The summed E-state index contributed by atoms with van der Waals surface area (Å²) in [6.45, 7) is 2.89. The topological polar surface area (TPSA) is 80.1 Å². The predicted molar refractivity (Wildman–Crippen MR) is 132 cm³/mol. The summed E-state index contributed by atoms with van der Waals surface area (Å²) in [5, 5.41) is 0. The molecule has 1 aliphatic carbocycles. The molecule has 2 aliphatic rings. The number of imidazole rings is 1. The SMILES string of the molecule is Cc1cccnc1[C@@H]1CCC[C@H](c2nc3c(OC4CCCCC4CCN)cccc3[nH]2)N1C. The number of nitrogens with one attached hydrogen (secondary N) is 1. The van der Waals surface area contributed by atoms with Crippen LogP contribution in [0.3, 0.4) is 0 Å². The number of aromatic nitrogens is 3. The van der Waals surface area contributed by atoms with Crippen LogP contribution in [-0.2, 0) is 0 Å². The number of piperidine rings is 1. The summed E-state index contributed by atoms with van der Waals surface area (Å²) in [7, 11) is 2.21. The molecule has 3 heterocycles. The number of para-hydroxylation sites is 1. The Morgan fingerprint density at radius 1 is 1.06 bits per heavy atom. The molecule has 1 aliphatic heterocycles. The summed E-state index contributed by atoms with van der Waals surface area (Å²) in [5.74, 6) is 2.48. The Kier molecular flexibility index (Phi) is 6.65. The lowest BCUT2D eigenvalue weighted by molar-refractivity contribution is 0.0901. The van der Waals surface area contributed by atoms with Crippen LogP contribution in [0.15, 0.2) is 36.5 Å². The Balaban J connectivity index is 1.41. The maximum absolute atomic E-state index is 6.61. The number of nitrogens with zero attached hydrogens (tertiary/aromatic N) is 3. The molecule has 1 saturated heterocycles. The minimum atomic E-state index is 0.238. The molecule has 0 spiro atoms. The van der Waals surface area contributed by atoms with Gasteiger partial charge in [0.05, 0.1) is 23.3 Å². The highest BCUT2D eigenvalue weighted by Crippen LogP contribution is 2.41. The lowest BCUT2D eigenvalue weighted by Gasteiger charge is -2.38. The van der Waals surface area contributed by atoms with Crippen molar-refractivity contribution in [2.45, 2.75) is 76.5 Å². The van der Waals surface area contributed by atoms with E-state index in [1.807, 2.05) is 12.3 Å². The van der Waals surface area contributed by atoms with Crippen LogP contribution in [0.2, 0.25) is 0 Å². The zero-order chi connectivity index (χ0) is 22.8. The fourth-order valence-corrected chi connectivity index (χ4v) is 5.95. The molecule has 176 valence electrons. The normalized spacial score (nSPS) is 26.5. The summed E-state index contributed by atoms with van der Waals surface area (Å²) in [6, 6.07) is 11.0. The van der Waals surface area contributed by atoms with Gasteiger partial charge < -0.3 is 15.5 Å². The standard InChI is InChI=1S/C27H37N5O/c1-18-8-7-17-29-25(18)21-11-6-12-22(32(21)2)27-30-20-10-5-14-24(26(20)31-27)33-23-13-4-3-9-19(23)15-16-28/h5,7-8,10,14,17,19,21-23H,3-4,6,9,11-13,15-16,28H2,1-2H3,(H,30,31)/t19?,21-,22+,23?/m0/s1. The van der Waals surface area contributed by atoms with E-state index >= 15 is 0 Å². The Morgan fingerprint density at radius 3 is 2.76 bits per heavy atom. The summed E-state index contributed by atoms with van der Waals surface area (Å²) >= 11 is 0. The monoisotopic (exact) mass is 447 g/mol. The fourth-order valence-electron chi connectivity index (χ4n) is 5.95. The Bertz CT molecular complexity index is 1080. The van der Waals surface area contributed by atoms with Gasteiger partial charge in [-0.25, -0.2) is 4.98 Å². The molecular weight excluding hydrogens is 410 g/mol. The van der Waals surface area contributed by atoms with E-state index < -0.39 is 0 Å². The molecule has 1 saturated carbocycles. The number of nitrogens with two attached hydrogens (primary N) is 1. The second-order valence-corrected chi connectivity index (χ2v) is 9.89. The molecule has 3 aromatic rings. The molecule has 1 aromatic carbocycles. The zero-order valence-corrected chi connectivity index (χ0v) is 20.0. The van der Waals surface area contributed by atoms with E-state index in [9.17, 15) is 0 Å². The number of H-pyrrole nitrogens is 1. The average Bonchev–Trinajstić information content (AvgIpc) is 3.26. The molecule has 0 bridgehead atoms.